The van der Waals surface area contributed by atoms with E-state index in [2.05, 4.69) is 18.9 Å². The number of rotatable bonds is 0. The topological polar surface area (TPSA) is 146 Å². The van der Waals surface area contributed by atoms with Gasteiger partial charge in [0.05, 0.1) is 0 Å². The van der Waals surface area contributed by atoms with Gasteiger partial charge in [-0.25, -0.2) is 19.2 Å². The van der Waals surface area contributed by atoms with Gasteiger partial charge in [0.1, 0.15) is 0 Å². The fourth-order valence-electron chi connectivity index (χ4n) is 1.44. The van der Waals surface area contributed by atoms with Crippen LogP contribution in [0.4, 0.5) is 0 Å². The first-order chi connectivity index (χ1) is 9.74. The normalized spacial score (nSPS) is 31.5. The van der Waals surface area contributed by atoms with Crippen molar-refractivity contribution in [2.45, 2.75) is 11.8 Å². The summed E-state index contributed by atoms with van der Waals surface area (Å²) in [6, 6.07) is 0. The van der Waals surface area contributed by atoms with Gasteiger partial charge in [-0.15, -0.1) is 0 Å². The van der Waals surface area contributed by atoms with Gasteiger partial charge in [-0.2, -0.15) is 0 Å². The van der Waals surface area contributed by atoms with Crippen LogP contribution in [0.15, 0.2) is 24.3 Å². The third-order valence-electron chi connectivity index (χ3n) is 2.39. The molecule has 2 rings (SSSR count). The molecule has 0 saturated carbocycles. The highest BCUT2D eigenvalue weighted by atomic mass is 16.9. The van der Waals surface area contributed by atoms with Crippen molar-refractivity contribution < 1.29 is 48.3 Å². The molecule has 21 heavy (non-hydrogen) atoms. The van der Waals surface area contributed by atoms with Gasteiger partial charge >= 0.3 is 35.6 Å². The number of aliphatic hydroxyl groups is 2. The second-order valence-corrected chi connectivity index (χ2v) is 3.90. The third-order valence-corrected chi connectivity index (χ3v) is 2.39. The van der Waals surface area contributed by atoms with Crippen molar-refractivity contribution in [2.24, 2.45) is 0 Å². The van der Waals surface area contributed by atoms with Crippen molar-refractivity contribution in [3.8, 4) is 0 Å². The summed E-state index contributed by atoms with van der Waals surface area (Å²) in [4.78, 5) is 45.3. The largest absolute Gasteiger partial charge is 0.454 e. The molecule has 1 spiro atoms. The lowest BCUT2D eigenvalue weighted by molar-refractivity contribution is -0.446. The van der Waals surface area contributed by atoms with Crippen LogP contribution in [0.2, 0.25) is 0 Å². The van der Waals surface area contributed by atoms with E-state index < -0.39 is 42.2 Å². The highest BCUT2D eigenvalue weighted by Gasteiger charge is 2.63. The van der Waals surface area contributed by atoms with E-state index in [4.69, 9.17) is 0 Å². The molecule has 2 aliphatic rings. The van der Waals surface area contributed by atoms with E-state index in [1.165, 1.54) is 0 Å². The molecule has 2 aliphatic heterocycles. The van der Waals surface area contributed by atoms with E-state index in [0.29, 0.717) is 24.3 Å². The van der Waals surface area contributed by atoms with Gasteiger partial charge in [0.2, 0.25) is 0 Å². The SMILES string of the molecule is O=C1/C=C\C(=O)OC2(CO1)OC(=O)/C=C\C(=O)OC2(O)O. The third kappa shape index (κ3) is 2.90. The van der Waals surface area contributed by atoms with Gasteiger partial charge in [-0.3, -0.25) is 0 Å². The minimum atomic E-state index is -3.58. The van der Waals surface area contributed by atoms with Gasteiger partial charge in [0, 0.05) is 24.3 Å². The highest BCUT2D eigenvalue weighted by Crippen LogP contribution is 2.31. The first-order valence-corrected chi connectivity index (χ1v) is 5.41. The molecule has 10 nitrogen and oxygen atoms in total. The van der Waals surface area contributed by atoms with Crippen LogP contribution in [-0.4, -0.2) is 52.5 Å². The Morgan fingerprint density at radius 3 is 1.71 bits per heavy atom. The van der Waals surface area contributed by atoms with E-state index in [0.717, 1.165) is 0 Å². The first kappa shape index (κ1) is 14.7. The summed E-state index contributed by atoms with van der Waals surface area (Å²) in [5.74, 6) is -11.4. The van der Waals surface area contributed by atoms with Gasteiger partial charge in [0.25, 0.3) is 0 Å². The maximum atomic E-state index is 11.4. The molecule has 0 aromatic rings. The van der Waals surface area contributed by atoms with Crippen LogP contribution in [-0.2, 0) is 38.1 Å². The van der Waals surface area contributed by atoms with Gasteiger partial charge in [-0.05, 0) is 0 Å². The maximum absolute atomic E-state index is 11.4. The average molecular weight is 300 g/mol. The molecular weight excluding hydrogens is 292 g/mol. The Morgan fingerprint density at radius 2 is 1.19 bits per heavy atom. The lowest BCUT2D eigenvalue weighted by Gasteiger charge is -2.39. The lowest BCUT2D eigenvalue weighted by atomic mass is 10.2. The zero-order valence-corrected chi connectivity index (χ0v) is 10.2. The molecule has 0 radical (unpaired) electrons. The molecule has 112 valence electrons. The van der Waals surface area contributed by atoms with Crippen molar-refractivity contribution in [1.29, 1.82) is 0 Å². The number of hydrogen-bond acceptors (Lipinski definition) is 10. The number of carbonyl (C=O) groups excluding carboxylic acids is 4. The summed E-state index contributed by atoms with van der Waals surface area (Å²) in [5.41, 5.74) is 0. The predicted molar refractivity (Wildman–Crippen MR) is 57.4 cm³/mol. The highest BCUT2D eigenvalue weighted by molar-refractivity contribution is 5.94. The lowest BCUT2D eigenvalue weighted by Crippen LogP contribution is -2.64. The molecule has 1 unspecified atom stereocenters. The number of ether oxygens (including phenoxy) is 4. The van der Waals surface area contributed by atoms with Gasteiger partial charge < -0.3 is 29.2 Å². The Kier molecular flexibility index (Phi) is 3.49. The summed E-state index contributed by atoms with van der Waals surface area (Å²) in [7, 11) is 0. The van der Waals surface area contributed by atoms with Crippen molar-refractivity contribution in [1.82, 2.24) is 0 Å². The minimum Gasteiger partial charge on any atom is -0.454 e. The summed E-state index contributed by atoms with van der Waals surface area (Å²) >= 11 is 0. The van der Waals surface area contributed by atoms with E-state index >= 15 is 0 Å². The van der Waals surface area contributed by atoms with E-state index in [1.807, 2.05) is 0 Å². The number of carbonyl (C=O) groups is 4. The molecule has 0 amide bonds. The fraction of sp³-hybridized carbons (Fsp3) is 0.273. The van der Waals surface area contributed by atoms with Crippen LogP contribution in [0.5, 0.6) is 0 Å². The first-order valence-electron chi connectivity index (χ1n) is 5.41. The van der Waals surface area contributed by atoms with Crippen molar-refractivity contribution in [3.63, 3.8) is 0 Å². The Bertz CT molecular complexity index is 560. The van der Waals surface area contributed by atoms with Gasteiger partial charge in [0.15, 0.2) is 6.61 Å². The summed E-state index contributed by atoms with van der Waals surface area (Å²) < 4.78 is 17.9. The van der Waals surface area contributed by atoms with Crippen LogP contribution in [0.1, 0.15) is 0 Å². The second kappa shape index (κ2) is 5.00. The molecule has 0 aliphatic carbocycles. The van der Waals surface area contributed by atoms with Crippen molar-refractivity contribution in [3.05, 3.63) is 24.3 Å². The number of cyclic esters (lactones) is 2. The van der Waals surface area contributed by atoms with Crippen LogP contribution in [0.25, 0.3) is 0 Å². The molecule has 1 atom stereocenters. The van der Waals surface area contributed by atoms with Crippen molar-refractivity contribution >= 4 is 23.9 Å². The zero-order chi connectivity index (χ0) is 15.7. The van der Waals surface area contributed by atoms with Crippen LogP contribution in [0.3, 0.4) is 0 Å². The zero-order valence-electron chi connectivity index (χ0n) is 10.2. The Labute approximate surface area is 116 Å². The quantitative estimate of drug-likeness (QED) is 0.283. The van der Waals surface area contributed by atoms with Gasteiger partial charge in [-0.1, -0.05) is 0 Å². The summed E-state index contributed by atoms with van der Waals surface area (Å²) in [6.45, 7) is -1.11. The Morgan fingerprint density at radius 1 is 0.762 bits per heavy atom. The monoisotopic (exact) mass is 300 g/mol. The average Bonchev–Trinajstić information content (AvgIpc) is 2.37. The summed E-state index contributed by atoms with van der Waals surface area (Å²) in [5, 5.41) is 19.5. The van der Waals surface area contributed by atoms with Crippen LogP contribution < -0.4 is 0 Å². The van der Waals surface area contributed by atoms with E-state index in [9.17, 15) is 29.4 Å². The Hall–Kier alpha value is -2.72. The van der Waals surface area contributed by atoms with E-state index in [-0.39, 0.29) is 0 Å². The van der Waals surface area contributed by atoms with Crippen LogP contribution >= 0.6 is 0 Å². The summed E-state index contributed by atoms with van der Waals surface area (Å²) in [6.07, 6.45) is 2.47. The molecule has 2 N–H and O–H groups in total. The molecule has 0 aromatic carbocycles. The van der Waals surface area contributed by atoms with Crippen LogP contribution in [0, 0.1) is 0 Å². The molecule has 0 fully saturated rings. The number of hydrogen-bond donors (Lipinski definition) is 2. The molecule has 2 heterocycles. The smallest absolute Gasteiger partial charge is 0.410 e. The fourth-order valence-corrected chi connectivity index (χ4v) is 1.44. The standard InChI is InChI=1S/C11H8O10/c12-6-1-2-7(13)19-10(5-18-6)11(16,17)21-9(15)4-3-8(14)20-10/h1-4,16-17H,5H2/b2-1-,4-3-. The van der Waals surface area contributed by atoms with Crippen molar-refractivity contribution in [2.75, 3.05) is 6.61 Å². The van der Waals surface area contributed by atoms with E-state index in [1.54, 1.807) is 0 Å². The predicted octanol–water partition coefficient (Wildman–Crippen LogP) is -2.37. The molecule has 0 aromatic heterocycles. The molecular formula is C11H8O10. The Balaban J connectivity index is 2.48. The number of esters is 4. The molecule has 10 heteroatoms. The second-order valence-electron chi connectivity index (χ2n) is 3.90. The molecule has 0 saturated heterocycles. The molecule has 0 bridgehead atoms. The maximum Gasteiger partial charge on any atom is 0.410 e. The minimum absolute atomic E-state index is 0.563.